The van der Waals surface area contributed by atoms with Crippen molar-refractivity contribution in [3.05, 3.63) is 69.3 Å². The van der Waals surface area contributed by atoms with Crippen molar-refractivity contribution >= 4 is 27.5 Å². The van der Waals surface area contributed by atoms with E-state index in [0.29, 0.717) is 22.6 Å². The SMILES string of the molecule is Cc1ncc(C(=O)Nc2cc(C(F)(F)F)cc(Br)c2C)cc1-n1cc(-c2cnn(C)c2C)nn1. The van der Waals surface area contributed by atoms with E-state index >= 15 is 0 Å². The molecule has 0 saturated carbocycles. The summed E-state index contributed by atoms with van der Waals surface area (Å²) < 4.78 is 43.1. The number of carbonyl (C=O) groups is 1. The van der Waals surface area contributed by atoms with Gasteiger partial charge in [-0.05, 0) is 44.5 Å². The van der Waals surface area contributed by atoms with Crippen molar-refractivity contribution in [1.29, 1.82) is 0 Å². The molecule has 0 atom stereocenters. The van der Waals surface area contributed by atoms with Crippen LogP contribution in [0.15, 0.2) is 41.3 Å². The van der Waals surface area contributed by atoms with Crippen molar-refractivity contribution in [1.82, 2.24) is 29.8 Å². The van der Waals surface area contributed by atoms with Crippen LogP contribution < -0.4 is 5.32 Å². The Kier molecular flexibility index (Phi) is 6.02. The maximum atomic E-state index is 13.2. The number of pyridine rings is 1. The lowest BCUT2D eigenvalue weighted by Crippen LogP contribution is -2.16. The normalized spacial score (nSPS) is 11.6. The van der Waals surface area contributed by atoms with Gasteiger partial charge in [0.25, 0.3) is 5.91 Å². The lowest BCUT2D eigenvalue weighted by atomic mass is 10.1. The molecule has 1 amide bonds. The molecule has 0 fully saturated rings. The minimum atomic E-state index is -4.55. The topological polar surface area (TPSA) is 90.5 Å². The summed E-state index contributed by atoms with van der Waals surface area (Å²) in [4.78, 5) is 17.2. The highest BCUT2D eigenvalue weighted by Gasteiger charge is 2.32. The molecule has 12 heteroatoms. The lowest BCUT2D eigenvalue weighted by molar-refractivity contribution is -0.137. The molecule has 3 aromatic heterocycles. The Morgan fingerprint density at radius 3 is 2.50 bits per heavy atom. The Morgan fingerprint density at radius 1 is 1.12 bits per heavy atom. The zero-order chi connectivity index (χ0) is 24.8. The van der Waals surface area contributed by atoms with Gasteiger partial charge in [-0.1, -0.05) is 21.1 Å². The third kappa shape index (κ3) is 4.45. The van der Waals surface area contributed by atoms with Crippen LogP contribution in [0.4, 0.5) is 18.9 Å². The summed E-state index contributed by atoms with van der Waals surface area (Å²) >= 11 is 3.13. The first kappa shape index (κ1) is 23.6. The molecule has 176 valence electrons. The lowest BCUT2D eigenvalue weighted by Gasteiger charge is -2.15. The molecular weight excluding hydrogens is 515 g/mol. The molecule has 0 unspecified atom stereocenters. The van der Waals surface area contributed by atoms with E-state index in [2.05, 4.69) is 41.6 Å². The first-order valence-corrected chi connectivity index (χ1v) is 10.8. The number of hydrogen-bond donors (Lipinski definition) is 1. The molecular formula is C22H19BrF3N7O. The van der Waals surface area contributed by atoms with E-state index < -0.39 is 17.6 Å². The standard InChI is InChI=1S/C22H19BrF3N7O/c1-11-17(23)6-15(22(24,25)26)7-18(11)29-21(34)14-5-20(12(2)27-8-14)33-10-19(30-31-33)16-9-28-32(4)13(16)3/h5-10H,1-4H3,(H,29,34). The summed E-state index contributed by atoms with van der Waals surface area (Å²) in [5, 5.41) is 15.1. The summed E-state index contributed by atoms with van der Waals surface area (Å²) in [6.45, 7) is 5.27. The summed E-state index contributed by atoms with van der Waals surface area (Å²) in [6, 6.07) is 3.44. The number of nitrogens with one attached hydrogen (secondary N) is 1. The summed E-state index contributed by atoms with van der Waals surface area (Å²) in [5.74, 6) is -0.605. The van der Waals surface area contributed by atoms with E-state index in [1.165, 1.54) is 10.9 Å². The molecule has 4 aromatic rings. The zero-order valence-corrected chi connectivity index (χ0v) is 20.2. The van der Waals surface area contributed by atoms with Crippen molar-refractivity contribution in [2.45, 2.75) is 26.9 Å². The van der Waals surface area contributed by atoms with Gasteiger partial charge in [0.1, 0.15) is 5.69 Å². The van der Waals surface area contributed by atoms with Crippen LogP contribution in [0.3, 0.4) is 0 Å². The van der Waals surface area contributed by atoms with Gasteiger partial charge in [0.15, 0.2) is 0 Å². The van der Waals surface area contributed by atoms with Crippen LogP contribution in [-0.2, 0) is 13.2 Å². The largest absolute Gasteiger partial charge is 0.416 e. The fraction of sp³-hybridized carbons (Fsp3) is 0.227. The minimum Gasteiger partial charge on any atom is -0.322 e. The molecule has 0 radical (unpaired) electrons. The van der Waals surface area contributed by atoms with E-state index in [-0.39, 0.29) is 15.7 Å². The minimum absolute atomic E-state index is 0.0453. The van der Waals surface area contributed by atoms with Crippen molar-refractivity contribution in [3.8, 4) is 16.9 Å². The molecule has 34 heavy (non-hydrogen) atoms. The van der Waals surface area contributed by atoms with Gasteiger partial charge < -0.3 is 5.32 Å². The highest BCUT2D eigenvalue weighted by molar-refractivity contribution is 9.10. The summed E-state index contributed by atoms with van der Waals surface area (Å²) in [6.07, 6.45) is 0.193. The zero-order valence-electron chi connectivity index (χ0n) is 18.6. The molecule has 4 rings (SSSR count). The molecule has 0 aliphatic heterocycles. The molecule has 0 aliphatic carbocycles. The predicted octanol–water partition coefficient (Wildman–Crippen LogP) is 5.02. The van der Waals surface area contributed by atoms with E-state index in [1.807, 2.05) is 14.0 Å². The van der Waals surface area contributed by atoms with Crippen LogP contribution >= 0.6 is 15.9 Å². The van der Waals surface area contributed by atoms with Gasteiger partial charge in [0, 0.05) is 34.7 Å². The van der Waals surface area contributed by atoms with Crippen molar-refractivity contribution in [3.63, 3.8) is 0 Å². The van der Waals surface area contributed by atoms with Crippen LogP contribution in [0, 0.1) is 20.8 Å². The van der Waals surface area contributed by atoms with E-state index in [4.69, 9.17) is 0 Å². The maximum absolute atomic E-state index is 13.2. The summed E-state index contributed by atoms with van der Waals surface area (Å²) in [7, 11) is 1.82. The molecule has 8 nitrogen and oxygen atoms in total. The Bertz CT molecular complexity index is 1410. The molecule has 3 heterocycles. The number of alkyl halides is 3. The third-order valence-electron chi connectivity index (χ3n) is 5.49. The molecule has 0 spiro atoms. The van der Waals surface area contributed by atoms with Crippen LogP contribution in [0.5, 0.6) is 0 Å². The van der Waals surface area contributed by atoms with Crippen molar-refractivity contribution in [2.75, 3.05) is 5.32 Å². The molecule has 0 saturated heterocycles. The number of carbonyl (C=O) groups excluding carboxylic acids is 1. The molecule has 0 bridgehead atoms. The van der Waals surface area contributed by atoms with Crippen molar-refractivity contribution in [2.24, 2.45) is 7.05 Å². The first-order chi connectivity index (χ1) is 16.0. The monoisotopic (exact) mass is 533 g/mol. The Balaban J connectivity index is 1.65. The number of nitrogens with zero attached hydrogens (tertiary/aromatic N) is 6. The van der Waals surface area contributed by atoms with E-state index in [1.54, 1.807) is 37.0 Å². The average molecular weight is 534 g/mol. The highest BCUT2D eigenvalue weighted by atomic mass is 79.9. The maximum Gasteiger partial charge on any atom is 0.416 e. The number of rotatable bonds is 4. The van der Waals surface area contributed by atoms with Crippen LogP contribution in [-0.4, -0.2) is 35.7 Å². The second kappa shape index (κ2) is 8.67. The Morgan fingerprint density at radius 2 is 1.85 bits per heavy atom. The highest BCUT2D eigenvalue weighted by Crippen LogP contribution is 2.36. The molecule has 0 aliphatic rings. The Hall–Kier alpha value is -3.54. The number of benzene rings is 1. The number of aromatic nitrogens is 6. The van der Waals surface area contributed by atoms with Crippen molar-refractivity contribution < 1.29 is 18.0 Å². The van der Waals surface area contributed by atoms with E-state index in [0.717, 1.165) is 23.4 Å². The second-order valence-electron chi connectivity index (χ2n) is 7.73. The fourth-order valence-electron chi connectivity index (χ4n) is 3.30. The van der Waals surface area contributed by atoms with Gasteiger partial charge in [0.05, 0.1) is 34.9 Å². The average Bonchev–Trinajstić information content (AvgIpc) is 3.37. The number of amides is 1. The molecule has 1 aromatic carbocycles. The number of anilines is 1. The van der Waals surface area contributed by atoms with E-state index in [9.17, 15) is 18.0 Å². The number of halogens is 4. The van der Waals surface area contributed by atoms with Gasteiger partial charge in [-0.2, -0.15) is 18.3 Å². The second-order valence-corrected chi connectivity index (χ2v) is 8.58. The summed E-state index contributed by atoms with van der Waals surface area (Å²) in [5.41, 5.74) is 3.23. The van der Waals surface area contributed by atoms with Gasteiger partial charge >= 0.3 is 6.18 Å². The number of hydrogen-bond acceptors (Lipinski definition) is 5. The Labute approximate surface area is 200 Å². The van der Waals surface area contributed by atoms with Gasteiger partial charge in [-0.3, -0.25) is 14.5 Å². The van der Waals surface area contributed by atoms with Gasteiger partial charge in [-0.25, -0.2) is 4.68 Å². The smallest absolute Gasteiger partial charge is 0.322 e. The van der Waals surface area contributed by atoms with Gasteiger partial charge in [0.2, 0.25) is 0 Å². The fourth-order valence-corrected chi connectivity index (χ4v) is 3.76. The molecule has 1 N–H and O–H groups in total. The third-order valence-corrected chi connectivity index (χ3v) is 6.32. The quantitative estimate of drug-likeness (QED) is 0.397. The first-order valence-electron chi connectivity index (χ1n) is 10.0. The van der Waals surface area contributed by atoms with Crippen LogP contribution in [0.1, 0.15) is 32.9 Å². The van der Waals surface area contributed by atoms with Gasteiger partial charge in [-0.15, -0.1) is 5.10 Å². The van der Waals surface area contributed by atoms with Crippen LogP contribution in [0.25, 0.3) is 16.9 Å². The number of aryl methyl sites for hydroxylation is 2. The predicted molar refractivity (Wildman–Crippen MR) is 123 cm³/mol. The van der Waals surface area contributed by atoms with Crippen LogP contribution in [0.2, 0.25) is 0 Å².